The summed E-state index contributed by atoms with van der Waals surface area (Å²) >= 11 is 1.58. The Bertz CT molecular complexity index is 963. The van der Waals surface area contributed by atoms with Crippen LogP contribution in [-0.2, 0) is 6.42 Å². The number of aromatic nitrogens is 1. The van der Waals surface area contributed by atoms with E-state index in [4.69, 9.17) is 9.47 Å². The fraction of sp³-hybridized carbons (Fsp3) is 0.292. The molecule has 0 fully saturated rings. The van der Waals surface area contributed by atoms with Crippen molar-refractivity contribution in [2.45, 2.75) is 39.5 Å². The molecular formula is C24H26N2O3S. The van der Waals surface area contributed by atoms with E-state index in [0.717, 1.165) is 42.1 Å². The van der Waals surface area contributed by atoms with Gasteiger partial charge in [-0.3, -0.25) is 0 Å². The Labute approximate surface area is 181 Å². The van der Waals surface area contributed by atoms with Gasteiger partial charge in [0, 0.05) is 17.3 Å². The minimum atomic E-state index is -0.399. The Morgan fingerprint density at radius 3 is 2.43 bits per heavy atom. The summed E-state index contributed by atoms with van der Waals surface area (Å²) in [5, 5.41) is 0.736. The normalized spacial score (nSPS) is 11.0. The molecule has 0 aliphatic carbocycles. The molecule has 0 saturated heterocycles. The summed E-state index contributed by atoms with van der Waals surface area (Å²) in [6.45, 7) is 4.94. The number of thiazole rings is 1. The molecule has 1 aromatic heterocycles. The van der Waals surface area contributed by atoms with Crippen LogP contribution in [0.3, 0.4) is 0 Å². The first-order valence-corrected chi connectivity index (χ1v) is 11.0. The average molecular weight is 423 g/mol. The largest absolute Gasteiger partial charge is 0.494 e. The molecule has 0 aliphatic heterocycles. The molecule has 3 rings (SSSR count). The summed E-state index contributed by atoms with van der Waals surface area (Å²) < 4.78 is 11.1. The number of carbonyl (C=O) groups excluding carboxylic acids is 1. The van der Waals surface area contributed by atoms with E-state index >= 15 is 0 Å². The second-order valence-corrected chi connectivity index (χ2v) is 7.85. The van der Waals surface area contributed by atoms with E-state index in [1.165, 1.54) is 4.88 Å². The van der Waals surface area contributed by atoms with Gasteiger partial charge in [-0.05, 0) is 66.9 Å². The first kappa shape index (κ1) is 21.7. The second-order valence-electron chi connectivity index (χ2n) is 6.76. The molecule has 2 aromatic carbocycles. The molecule has 0 atom stereocenters. The molecule has 0 aliphatic rings. The highest BCUT2D eigenvalue weighted by Gasteiger charge is 2.09. The smallest absolute Gasteiger partial charge is 0.343 e. The van der Waals surface area contributed by atoms with Crippen molar-refractivity contribution in [2.24, 2.45) is 4.99 Å². The fourth-order valence-corrected chi connectivity index (χ4v) is 3.36. The molecular weight excluding hydrogens is 396 g/mol. The van der Waals surface area contributed by atoms with E-state index < -0.39 is 5.97 Å². The van der Waals surface area contributed by atoms with E-state index in [2.05, 4.69) is 23.8 Å². The van der Waals surface area contributed by atoms with Crippen molar-refractivity contribution in [1.29, 1.82) is 0 Å². The molecule has 5 nitrogen and oxygen atoms in total. The highest BCUT2D eigenvalue weighted by atomic mass is 32.1. The van der Waals surface area contributed by atoms with Crippen LogP contribution in [0.25, 0.3) is 0 Å². The lowest BCUT2D eigenvalue weighted by Crippen LogP contribution is -2.08. The highest BCUT2D eigenvalue weighted by Crippen LogP contribution is 2.21. The third-order valence-electron chi connectivity index (χ3n) is 4.41. The monoisotopic (exact) mass is 422 g/mol. The van der Waals surface area contributed by atoms with Crippen LogP contribution in [0, 0.1) is 0 Å². The third-order valence-corrected chi connectivity index (χ3v) is 5.46. The van der Waals surface area contributed by atoms with Gasteiger partial charge >= 0.3 is 5.97 Å². The maximum absolute atomic E-state index is 12.4. The van der Waals surface area contributed by atoms with Gasteiger partial charge in [0.15, 0.2) is 0 Å². The molecule has 3 aromatic rings. The van der Waals surface area contributed by atoms with Crippen molar-refractivity contribution in [1.82, 2.24) is 4.98 Å². The molecule has 0 bridgehead atoms. The Kier molecular flexibility index (Phi) is 8.15. The summed E-state index contributed by atoms with van der Waals surface area (Å²) in [4.78, 5) is 22.2. The van der Waals surface area contributed by atoms with Crippen LogP contribution in [0.15, 0.2) is 59.7 Å². The van der Waals surface area contributed by atoms with Crippen molar-refractivity contribution in [3.05, 3.63) is 70.7 Å². The van der Waals surface area contributed by atoms with E-state index in [-0.39, 0.29) is 0 Å². The molecule has 0 spiro atoms. The predicted octanol–water partition coefficient (Wildman–Crippen LogP) is 6.24. The number of carbonyl (C=O) groups is 1. The summed E-state index contributed by atoms with van der Waals surface area (Å²) in [6.07, 6.45) is 7.91. The van der Waals surface area contributed by atoms with Crippen molar-refractivity contribution in [2.75, 3.05) is 6.61 Å². The maximum atomic E-state index is 12.4. The van der Waals surface area contributed by atoms with Crippen LogP contribution >= 0.6 is 11.3 Å². The summed E-state index contributed by atoms with van der Waals surface area (Å²) in [6, 6.07) is 14.2. The van der Waals surface area contributed by atoms with Crippen molar-refractivity contribution >= 4 is 28.7 Å². The SMILES string of the molecule is CCCCCOc1ccc(C(=O)Oc2ccc(/C=N/c3ncc(CC)s3)cc2)cc1. The summed E-state index contributed by atoms with van der Waals surface area (Å²) in [5.41, 5.74) is 1.39. The van der Waals surface area contributed by atoms with Crippen LogP contribution in [0.2, 0.25) is 0 Å². The molecule has 0 N–H and O–H groups in total. The van der Waals surface area contributed by atoms with E-state index in [9.17, 15) is 4.79 Å². The molecule has 0 saturated carbocycles. The van der Waals surface area contributed by atoms with Crippen LogP contribution < -0.4 is 9.47 Å². The predicted molar refractivity (Wildman–Crippen MR) is 122 cm³/mol. The lowest BCUT2D eigenvalue weighted by atomic mass is 10.2. The van der Waals surface area contributed by atoms with Gasteiger partial charge < -0.3 is 9.47 Å². The van der Waals surface area contributed by atoms with Crippen LogP contribution in [-0.4, -0.2) is 23.8 Å². The van der Waals surface area contributed by atoms with Crippen molar-refractivity contribution in [3.63, 3.8) is 0 Å². The molecule has 0 amide bonds. The Morgan fingerprint density at radius 2 is 1.77 bits per heavy atom. The summed E-state index contributed by atoms with van der Waals surface area (Å²) in [5.74, 6) is 0.848. The number of unbranched alkanes of at least 4 members (excludes halogenated alkanes) is 2. The number of ether oxygens (including phenoxy) is 2. The minimum absolute atomic E-state index is 0.399. The Hall–Kier alpha value is -2.99. The van der Waals surface area contributed by atoms with Gasteiger partial charge in [0.1, 0.15) is 11.5 Å². The molecule has 6 heteroatoms. The Morgan fingerprint density at radius 1 is 1.03 bits per heavy atom. The molecule has 1 heterocycles. The average Bonchev–Trinajstić information content (AvgIpc) is 3.25. The third kappa shape index (κ3) is 6.52. The number of hydrogen-bond donors (Lipinski definition) is 0. The number of esters is 1. The number of nitrogens with zero attached hydrogens (tertiary/aromatic N) is 2. The van der Waals surface area contributed by atoms with Gasteiger partial charge in [0.2, 0.25) is 5.13 Å². The number of aliphatic imine (C=N–C) groups is 1. The lowest BCUT2D eigenvalue weighted by Gasteiger charge is -2.07. The van der Waals surface area contributed by atoms with Gasteiger partial charge in [-0.25, -0.2) is 14.8 Å². The zero-order valence-corrected chi connectivity index (χ0v) is 18.2. The van der Waals surface area contributed by atoms with Gasteiger partial charge in [-0.15, -0.1) is 0 Å². The lowest BCUT2D eigenvalue weighted by molar-refractivity contribution is 0.0734. The summed E-state index contributed by atoms with van der Waals surface area (Å²) in [7, 11) is 0. The zero-order valence-electron chi connectivity index (χ0n) is 17.3. The highest BCUT2D eigenvalue weighted by molar-refractivity contribution is 7.15. The van der Waals surface area contributed by atoms with E-state index in [1.807, 2.05) is 18.3 Å². The van der Waals surface area contributed by atoms with Gasteiger partial charge in [0.05, 0.1) is 12.2 Å². The number of rotatable bonds is 10. The standard InChI is InChI=1S/C24H26N2O3S/c1-3-5-6-15-28-20-13-9-19(10-14-20)23(27)29-21-11-7-18(8-12-21)16-25-24-26-17-22(4-2)30-24/h7-14,16-17H,3-6,15H2,1-2H3/b25-16+. The Balaban J connectivity index is 1.52. The van der Waals surface area contributed by atoms with E-state index in [0.29, 0.717) is 17.9 Å². The number of hydrogen-bond acceptors (Lipinski definition) is 6. The first-order valence-electron chi connectivity index (χ1n) is 10.2. The van der Waals surface area contributed by atoms with Crippen LogP contribution in [0.5, 0.6) is 11.5 Å². The molecule has 0 radical (unpaired) electrons. The topological polar surface area (TPSA) is 60.8 Å². The quantitative estimate of drug-likeness (QED) is 0.168. The minimum Gasteiger partial charge on any atom is -0.494 e. The fourth-order valence-electron chi connectivity index (χ4n) is 2.67. The van der Waals surface area contributed by atoms with Crippen molar-refractivity contribution in [3.8, 4) is 11.5 Å². The first-order chi connectivity index (χ1) is 14.7. The van der Waals surface area contributed by atoms with Crippen LogP contribution in [0.4, 0.5) is 5.13 Å². The van der Waals surface area contributed by atoms with Crippen LogP contribution in [0.1, 0.15) is 53.9 Å². The molecule has 30 heavy (non-hydrogen) atoms. The van der Waals surface area contributed by atoms with E-state index in [1.54, 1.807) is 53.9 Å². The maximum Gasteiger partial charge on any atom is 0.343 e. The zero-order chi connectivity index (χ0) is 21.2. The van der Waals surface area contributed by atoms with Gasteiger partial charge in [-0.2, -0.15) is 0 Å². The number of benzene rings is 2. The van der Waals surface area contributed by atoms with Gasteiger partial charge in [0.25, 0.3) is 0 Å². The van der Waals surface area contributed by atoms with Gasteiger partial charge in [-0.1, -0.05) is 38.0 Å². The second kappa shape index (κ2) is 11.3. The molecule has 0 unspecified atom stereocenters. The molecule has 156 valence electrons. The number of aryl methyl sites for hydroxylation is 1. The van der Waals surface area contributed by atoms with Crippen molar-refractivity contribution < 1.29 is 14.3 Å².